The lowest BCUT2D eigenvalue weighted by molar-refractivity contribution is 0.0952. The number of amides is 1. The third-order valence-electron chi connectivity index (χ3n) is 5.52. The first-order valence-electron chi connectivity index (χ1n) is 10.8. The van der Waals surface area contributed by atoms with Gasteiger partial charge >= 0.3 is 0 Å². The van der Waals surface area contributed by atoms with Crippen LogP contribution in [0.1, 0.15) is 22.3 Å². The number of rotatable bonds is 8. The number of aromatic nitrogens is 3. The van der Waals surface area contributed by atoms with Gasteiger partial charge in [-0.2, -0.15) is 4.39 Å². The Morgan fingerprint density at radius 3 is 2.66 bits per heavy atom. The van der Waals surface area contributed by atoms with Gasteiger partial charge in [0.1, 0.15) is 5.82 Å². The topological polar surface area (TPSA) is 107 Å². The van der Waals surface area contributed by atoms with Gasteiger partial charge in [-0.05, 0) is 49.7 Å². The van der Waals surface area contributed by atoms with Crippen LogP contribution in [0.5, 0.6) is 5.75 Å². The number of nitrogens with one attached hydrogen (secondary N) is 2. The number of benzene rings is 2. The molecular weight excluding hydrogens is 461 g/mol. The summed E-state index contributed by atoms with van der Waals surface area (Å²) in [5.74, 6) is -3.25. The van der Waals surface area contributed by atoms with Crippen molar-refractivity contribution >= 4 is 23.1 Å². The Bertz CT molecular complexity index is 1410. The largest absolute Gasteiger partial charge is 0.494 e. The van der Waals surface area contributed by atoms with Crippen molar-refractivity contribution in [2.75, 3.05) is 25.5 Å². The molecule has 0 aliphatic rings. The molecule has 0 spiro atoms. The van der Waals surface area contributed by atoms with E-state index < -0.39 is 23.4 Å². The average molecular weight is 484 g/mol. The van der Waals surface area contributed by atoms with Gasteiger partial charge in [0, 0.05) is 30.1 Å². The molecule has 0 saturated heterocycles. The lowest BCUT2D eigenvalue weighted by Gasteiger charge is -2.13. The normalized spacial score (nSPS) is 11.0. The van der Waals surface area contributed by atoms with Crippen molar-refractivity contribution in [2.24, 2.45) is 5.73 Å². The van der Waals surface area contributed by atoms with Gasteiger partial charge in [0.25, 0.3) is 5.91 Å². The summed E-state index contributed by atoms with van der Waals surface area (Å²) >= 11 is 0. The molecule has 0 aliphatic carbocycles. The third kappa shape index (κ3) is 4.50. The Labute approximate surface area is 199 Å². The van der Waals surface area contributed by atoms with Crippen molar-refractivity contribution in [1.29, 1.82) is 0 Å². The monoisotopic (exact) mass is 484 g/mol. The average Bonchev–Trinajstić information content (AvgIpc) is 3.29. The van der Waals surface area contributed by atoms with Gasteiger partial charge in [-0.3, -0.25) is 9.20 Å². The molecule has 0 fully saturated rings. The Balaban J connectivity index is 1.67. The Hall–Kier alpha value is -4.12. The first-order valence-corrected chi connectivity index (χ1v) is 10.8. The van der Waals surface area contributed by atoms with E-state index in [1.807, 2.05) is 0 Å². The maximum absolute atomic E-state index is 15.1. The standard InChI is InChI=1S/C24H23F3N6O2/c1-13-14(24(34)30-9-3-8-28)4-6-16(19(13)25)32-22-23-31-12-17(33(23)11-10-29-22)15-5-7-18(35-2)21(27)20(15)26/h4-7,10-12H,3,8-9,28H2,1-2H3,(H,29,32)(H,30,34). The molecule has 0 unspecified atom stereocenters. The highest BCUT2D eigenvalue weighted by Gasteiger charge is 2.20. The molecule has 8 nitrogen and oxygen atoms in total. The molecule has 35 heavy (non-hydrogen) atoms. The van der Waals surface area contributed by atoms with Crippen molar-refractivity contribution < 1.29 is 22.7 Å². The highest BCUT2D eigenvalue weighted by Crippen LogP contribution is 2.32. The molecular formula is C24H23F3N6O2. The van der Waals surface area contributed by atoms with Crippen LogP contribution in [0, 0.1) is 24.4 Å². The second kappa shape index (κ2) is 10.0. The summed E-state index contributed by atoms with van der Waals surface area (Å²) < 4.78 is 50.4. The van der Waals surface area contributed by atoms with E-state index in [0.29, 0.717) is 19.5 Å². The molecule has 4 aromatic rings. The molecule has 0 aliphatic heterocycles. The first-order chi connectivity index (χ1) is 16.9. The molecule has 0 radical (unpaired) electrons. The smallest absolute Gasteiger partial charge is 0.251 e. The van der Waals surface area contributed by atoms with Crippen LogP contribution in [-0.2, 0) is 0 Å². The van der Waals surface area contributed by atoms with Crippen LogP contribution in [0.3, 0.4) is 0 Å². The van der Waals surface area contributed by atoms with Gasteiger partial charge in [0.2, 0.25) is 5.82 Å². The maximum Gasteiger partial charge on any atom is 0.251 e. The summed E-state index contributed by atoms with van der Waals surface area (Å²) in [5, 5.41) is 5.58. The fraction of sp³-hybridized carbons (Fsp3) is 0.208. The maximum atomic E-state index is 15.1. The van der Waals surface area contributed by atoms with Crippen LogP contribution in [0.4, 0.5) is 24.7 Å². The molecule has 4 rings (SSSR count). The Kier molecular flexibility index (Phi) is 6.87. The summed E-state index contributed by atoms with van der Waals surface area (Å²) in [6, 6.07) is 5.63. The van der Waals surface area contributed by atoms with Crippen molar-refractivity contribution in [3.8, 4) is 17.0 Å². The lowest BCUT2D eigenvalue weighted by Crippen LogP contribution is -2.26. The van der Waals surface area contributed by atoms with E-state index in [9.17, 15) is 13.6 Å². The van der Waals surface area contributed by atoms with Gasteiger partial charge in [-0.15, -0.1) is 0 Å². The van der Waals surface area contributed by atoms with E-state index in [4.69, 9.17) is 10.5 Å². The zero-order valence-corrected chi connectivity index (χ0v) is 19.0. The fourth-order valence-electron chi connectivity index (χ4n) is 3.65. The summed E-state index contributed by atoms with van der Waals surface area (Å²) in [6.45, 7) is 2.33. The number of nitrogens with zero attached hydrogens (tertiary/aromatic N) is 3. The minimum absolute atomic E-state index is 0.0278. The Morgan fingerprint density at radius 1 is 1.11 bits per heavy atom. The molecule has 0 bridgehead atoms. The van der Waals surface area contributed by atoms with E-state index in [2.05, 4.69) is 20.6 Å². The van der Waals surface area contributed by atoms with Crippen LogP contribution in [-0.4, -0.2) is 40.5 Å². The van der Waals surface area contributed by atoms with Crippen molar-refractivity contribution in [1.82, 2.24) is 19.7 Å². The zero-order chi connectivity index (χ0) is 25.1. The molecule has 182 valence electrons. The number of methoxy groups -OCH3 is 1. The number of imidazole rings is 1. The second-order valence-electron chi connectivity index (χ2n) is 7.68. The lowest BCUT2D eigenvalue weighted by atomic mass is 10.1. The fourth-order valence-corrected chi connectivity index (χ4v) is 3.65. The molecule has 1 amide bonds. The summed E-state index contributed by atoms with van der Waals surface area (Å²) in [6.07, 6.45) is 4.92. The highest BCUT2D eigenvalue weighted by molar-refractivity contribution is 5.96. The second-order valence-corrected chi connectivity index (χ2v) is 7.68. The summed E-state index contributed by atoms with van der Waals surface area (Å²) in [7, 11) is 1.25. The van der Waals surface area contributed by atoms with Crippen LogP contribution in [0.2, 0.25) is 0 Å². The van der Waals surface area contributed by atoms with Crippen molar-refractivity contribution in [3.05, 3.63) is 71.4 Å². The number of anilines is 2. The number of hydrogen-bond donors (Lipinski definition) is 3. The molecule has 0 saturated carbocycles. The summed E-state index contributed by atoms with van der Waals surface area (Å²) in [4.78, 5) is 20.8. The molecule has 0 atom stereocenters. The molecule has 2 heterocycles. The van der Waals surface area contributed by atoms with Crippen LogP contribution < -0.4 is 21.1 Å². The van der Waals surface area contributed by atoms with Gasteiger partial charge in [0.15, 0.2) is 23.0 Å². The van der Waals surface area contributed by atoms with E-state index in [-0.39, 0.29) is 45.3 Å². The molecule has 4 N–H and O–H groups in total. The van der Waals surface area contributed by atoms with Gasteiger partial charge in [-0.1, -0.05) is 0 Å². The number of nitrogens with two attached hydrogens (primary N) is 1. The van der Waals surface area contributed by atoms with Crippen molar-refractivity contribution in [2.45, 2.75) is 13.3 Å². The van der Waals surface area contributed by atoms with E-state index in [0.717, 1.165) is 0 Å². The van der Waals surface area contributed by atoms with Crippen LogP contribution in [0.15, 0.2) is 42.9 Å². The number of fused-ring (bicyclic) bond motifs is 1. The Morgan fingerprint density at radius 2 is 1.91 bits per heavy atom. The van der Waals surface area contributed by atoms with E-state index in [1.165, 1.54) is 61.3 Å². The van der Waals surface area contributed by atoms with Crippen molar-refractivity contribution in [3.63, 3.8) is 0 Å². The quantitative estimate of drug-likeness (QED) is 0.327. The molecule has 2 aromatic heterocycles. The first kappa shape index (κ1) is 24.0. The minimum atomic E-state index is -1.11. The molecule has 11 heteroatoms. The number of carbonyl (C=O) groups is 1. The highest BCUT2D eigenvalue weighted by atomic mass is 19.2. The summed E-state index contributed by atoms with van der Waals surface area (Å²) in [5.41, 5.74) is 6.37. The van der Waals surface area contributed by atoms with Crippen LogP contribution in [0.25, 0.3) is 16.9 Å². The van der Waals surface area contributed by atoms with Gasteiger partial charge < -0.3 is 21.1 Å². The number of carbonyl (C=O) groups excluding carboxylic acids is 1. The van der Waals surface area contributed by atoms with E-state index >= 15 is 4.39 Å². The SMILES string of the molecule is COc1ccc(-c2cnc3c(Nc4ccc(C(=O)NCCCN)c(C)c4F)nccn23)c(F)c1F. The number of hydrogen-bond acceptors (Lipinski definition) is 6. The third-order valence-corrected chi connectivity index (χ3v) is 5.52. The van der Waals surface area contributed by atoms with Gasteiger partial charge in [-0.25, -0.2) is 18.7 Å². The van der Waals surface area contributed by atoms with E-state index in [1.54, 1.807) is 0 Å². The van der Waals surface area contributed by atoms with Gasteiger partial charge in [0.05, 0.1) is 24.7 Å². The zero-order valence-electron chi connectivity index (χ0n) is 19.0. The predicted octanol–water partition coefficient (Wildman–Crippen LogP) is 3.95. The number of ether oxygens (including phenoxy) is 1. The minimum Gasteiger partial charge on any atom is -0.494 e. The van der Waals surface area contributed by atoms with Crippen LogP contribution >= 0.6 is 0 Å². The predicted molar refractivity (Wildman–Crippen MR) is 125 cm³/mol. The molecule has 2 aromatic carbocycles. The number of halogens is 3.